The number of oxime groups is 1. The van der Waals surface area contributed by atoms with Crippen LogP contribution in [0.5, 0.6) is 0 Å². The quantitative estimate of drug-likeness (QED) is 0.208. The number of carbonyl (C=O) groups excluding carboxylic acids is 2. The van der Waals surface area contributed by atoms with E-state index in [1.807, 2.05) is 31.2 Å². The third-order valence-electron chi connectivity index (χ3n) is 2.22. The van der Waals surface area contributed by atoms with Crippen molar-refractivity contribution < 1.29 is 19.5 Å². The maximum Gasteiger partial charge on any atom is 0.377 e. The van der Waals surface area contributed by atoms with Gasteiger partial charge < -0.3 is 9.94 Å². The van der Waals surface area contributed by atoms with Gasteiger partial charge in [-0.05, 0) is 18.6 Å². The van der Waals surface area contributed by atoms with E-state index in [0.29, 0.717) is 0 Å². The molecule has 0 aliphatic heterocycles. The van der Waals surface area contributed by atoms with Crippen LogP contribution in [0.4, 0.5) is 0 Å². The van der Waals surface area contributed by atoms with Gasteiger partial charge in [-0.2, -0.15) is 0 Å². The van der Waals surface area contributed by atoms with E-state index in [2.05, 4.69) is 15.2 Å². The van der Waals surface area contributed by atoms with E-state index >= 15 is 0 Å². The predicted octanol–water partition coefficient (Wildman–Crippen LogP) is 1.09. The van der Waals surface area contributed by atoms with Crippen LogP contribution >= 0.6 is 0 Å². The van der Waals surface area contributed by atoms with E-state index in [1.54, 1.807) is 6.08 Å². The number of ether oxygens (including phenoxy) is 1. The Morgan fingerprint density at radius 2 is 1.95 bits per heavy atom. The van der Waals surface area contributed by atoms with Crippen LogP contribution < -0.4 is 5.32 Å². The smallest absolute Gasteiger partial charge is 0.377 e. The molecule has 0 radical (unpaired) electrons. The highest BCUT2D eigenvalue weighted by Gasteiger charge is 2.14. The minimum absolute atomic E-state index is 0.568. The van der Waals surface area contributed by atoms with Gasteiger partial charge in [0.1, 0.15) is 0 Å². The minimum atomic E-state index is -0.931. The van der Waals surface area contributed by atoms with Crippen LogP contribution in [0.1, 0.15) is 11.1 Å². The van der Waals surface area contributed by atoms with Gasteiger partial charge in [-0.3, -0.25) is 10.1 Å². The SMILES string of the molecule is COC(=O)/C(=N\O)NC(=O)/C=C/c1ccc(C)cc1. The normalized spacial score (nSPS) is 11.4. The summed E-state index contributed by atoms with van der Waals surface area (Å²) in [5.74, 6) is -2.10. The number of aryl methyl sites for hydroxylation is 1. The number of amidine groups is 1. The number of hydrogen-bond acceptors (Lipinski definition) is 5. The lowest BCUT2D eigenvalue weighted by Gasteiger charge is -2.01. The van der Waals surface area contributed by atoms with E-state index < -0.39 is 17.7 Å². The van der Waals surface area contributed by atoms with Crippen molar-refractivity contribution in [2.45, 2.75) is 6.92 Å². The highest BCUT2D eigenvalue weighted by atomic mass is 16.5. The third kappa shape index (κ3) is 4.63. The van der Waals surface area contributed by atoms with E-state index in [0.717, 1.165) is 18.2 Å². The second-order valence-electron chi connectivity index (χ2n) is 3.67. The first-order chi connectivity index (χ1) is 9.06. The summed E-state index contributed by atoms with van der Waals surface area (Å²) in [6.07, 6.45) is 2.79. The molecule has 0 fully saturated rings. The van der Waals surface area contributed by atoms with Crippen molar-refractivity contribution in [2.75, 3.05) is 7.11 Å². The zero-order chi connectivity index (χ0) is 14.3. The standard InChI is InChI=1S/C13H14N2O4/c1-9-3-5-10(6-4-9)7-8-11(16)14-12(15-18)13(17)19-2/h3-8,18H,1-2H3,(H,14,15,16)/b8-7+. The number of nitrogens with zero attached hydrogens (tertiary/aromatic N) is 1. The summed E-state index contributed by atoms with van der Waals surface area (Å²) < 4.78 is 4.31. The van der Waals surface area contributed by atoms with Gasteiger partial charge in [0.2, 0.25) is 5.91 Å². The Balaban J connectivity index is 2.65. The van der Waals surface area contributed by atoms with Crippen molar-refractivity contribution in [1.29, 1.82) is 0 Å². The number of nitrogens with one attached hydrogen (secondary N) is 1. The monoisotopic (exact) mass is 262 g/mol. The second kappa shape index (κ2) is 6.95. The molecule has 0 atom stereocenters. The van der Waals surface area contributed by atoms with E-state index in [9.17, 15) is 9.59 Å². The molecule has 0 saturated carbocycles. The lowest BCUT2D eigenvalue weighted by molar-refractivity contribution is -0.133. The molecular weight excluding hydrogens is 248 g/mol. The molecule has 1 aromatic rings. The minimum Gasteiger partial charge on any atom is -0.463 e. The molecule has 0 heterocycles. The number of carbonyl (C=O) groups is 2. The number of hydrogen-bond donors (Lipinski definition) is 2. The Bertz CT molecular complexity index is 518. The fraction of sp³-hybridized carbons (Fsp3) is 0.154. The molecule has 0 aliphatic carbocycles. The zero-order valence-corrected chi connectivity index (χ0v) is 10.6. The average molecular weight is 262 g/mol. The van der Waals surface area contributed by atoms with Gasteiger partial charge in [-0.25, -0.2) is 4.79 Å². The molecule has 6 nitrogen and oxygen atoms in total. The molecule has 0 bridgehead atoms. The van der Waals surface area contributed by atoms with Crippen molar-refractivity contribution >= 4 is 23.8 Å². The zero-order valence-electron chi connectivity index (χ0n) is 10.6. The topological polar surface area (TPSA) is 88.0 Å². The van der Waals surface area contributed by atoms with Crippen LogP contribution in [0.15, 0.2) is 35.5 Å². The summed E-state index contributed by atoms with van der Waals surface area (Å²) in [6.45, 7) is 1.96. The summed E-state index contributed by atoms with van der Waals surface area (Å²) in [5.41, 5.74) is 1.95. The Labute approximate surface area is 110 Å². The maximum atomic E-state index is 11.5. The number of amides is 1. The van der Waals surface area contributed by atoms with E-state index in [4.69, 9.17) is 5.21 Å². The van der Waals surface area contributed by atoms with E-state index in [-0.39, 0.29) is 0 Å². The van der Waals surface area contributed by atoms with Crippen molar-refractivity contribution in [1.82, 2.24) is 5.32 Å². The molecule has 2 N–H and O–H groups in total. The van der Waals surface area contributed by atoms with Gasteiger partial charge >= 0.3 is 5.97 Å². The molecule has 1 amide bonds. The highest BCUT2D eigenvalue weighted by molar-refractivity contribution is 6.38. The molecule has 100 valence electrons. The average Bonchev–Trinajstić information content (AvgIpc) is 2.43. The molecule has 6 heteroatoms. The summed E-state index contributed by atoms with van der Waals surface area (Å²) in [4.78, 5) is 22.5. The van der Waals surface area contributed by atoms with Gasteiger partial charge in [0.25, 0.3) is 5.84 Å². The van der Waals surface area contributed by atoms with Crippen molar-refractivity contribution in [3.63, 3.8) is 0 Å². The third-order valence-corrected chi connectivity index (χ3v) is 2.22. The molecule has 0 aromatic heterocycles. The molecule has 0 unspecified atom stereocenters. The van der Waals surface area contributed by atoms with Crippen LogP contribution in [0, 0.1) is 6.92 Å². The summed E-state index contributed by atoms with van der Waals surface area (Å²) in [7, 11) is 1.11. The van der Waals surface area contributed by atoms with Crippen LogP contribution in [-0.2, 0) is 14.3 Å². The van der Waals surface area contributed by atoms with Gasteiger partial charge in [-0.15, -0.1) is 0 Å². The largest absolute Gasteiger partial charge is 0.463 e. The van der Waals surface area contributed by atoms with Crippen molar-refractivity contribution in [3.05, 3.63) is 41.5 Å². The summed E-state index contributed by atoms with van der Waals surface area (Å²) in [5, 5.41) is 13.3. The van der Waals surface area contributed by atoms with Gasteiger partial charge in [0.05, 0.1) is 7.11 Å². The maximum absolute atomic E-state index is 11.5. The number of benzene rings is 1. The van der Waals surface area contributed by atoms with Crippen molar-refractivity contribution in [2.24, 2.45) is 5.16 Å². The number of esters is 1. The predicted molar refractivity (Wildman–Crippen MR) is 69.6 cm³/mol. The number of rotatable bonds is 2. The number of methoxy groups -OCH3 is 1. The lowest BCUT2D eigenvalue weighted by atomic mass is 10.1. The van der Waals surface area contributed by atoms with E-state index in [1.165, 1.54) is 6.08 Å². The van der Waals surface area contributed by atoms with Crippen LogP contribution in [0.2, 0.25) is 0 Å². The summed E-state index contributed by atoms with van der Waals surface area (Å²) in [6, 6.07) is 7.51. The Morgan fingerprint density at radius 1 is 1.32 bits per heavy atom. The molecule has 19 heavy (non-hydrogen) atoms. The Hall–Kier alpha value is -2.63. The Morgan fingerprint density at radius 3 is 2.47 bits per heavy atom. The second-order valence-corrected chi connectivity index (χ2v) is 3.67. The molecule has 0 saturated heterocycles. The van der Waals surface area contributed by atoms with Crippen LogP contribution in [-0.4, -0.2) is 30.0 Å². The van der Waals surface area contributed by atoms with Gasteiger partial charge in [0, 0.05) is 6.08 Å². The van der Waals surface area contributed by atoms with Crippen molar-refractivity contribution in [3.8, 4) is 0 Å². The first-order valence-electron chi connectivity index (χ1n) is 5.43. The van der Waals surface area contributed by atoms with Crippen LogP contribution in [0.25, 0.3) is 6.08 Å². The highest BCUT2D eigenvalue weighted by Crippen LogP contribution is 2.04. The molecule has 0 aliphatic rings. The molecule has 0 spiro atoms. The van der Waals surface area contributed by atoms with Crippen LogP contribution in [0.3, 0.4) is 0 Å². The molecule has 1 rings (SSSR count). The summed E-state index contributed by atoms with van der Waals surface area (Å²) >= 11 is 0. The lowest BCUT2D eigenvalue weighted by Crippen LogP contribution is -2.35. The molecular formula is C13H14N2O4. The Kier molecular flexibility index (Phi) is 5.28. The van der Waals surface area contributed by atoms with Gasteiger partial charge in [0.15, 0.2) is 0 Å². The van der Waals surface area contributed by atoms with Gasteiger partial charge in [-0.1, -0.05) is 35.0 Å². The first-order valence-corrected chi connectivity index (χ1v) is 5.43. The molecule has 1 aromatic carbocycles. The first kappa shape index (κ1) is 14.4. The fourth-order valence-corrected chi connectivity index (χ4v) is 1.22. The fourth-order valence-electron chi connectivity index (χ4n) is 1.22.